The van der Waals surface area contributed by atoms with Gasteiger partial charge in [0.1, 0.15) is 0 Å². The van der Waals surface area contributed by atoms with Crippen LogP contribution >= 0.6 is 11.3 Å². The summed E-state index contributed by atoms with van der Waals surface area (Å²) in [6, 6.07) is 52.6. The summed E-state index contributed by atoms with van der Waals surface area (Å²) in [6.45, 7) is 0. The molecule has 0 atom stereocenters. The maximum Gasteiger partial charge on any atom is 0.0398 e. The molecule has 1 nitrogen and oxygen atoms in total. The third-order valence-corrected chi connectivity index (χ3v) is 8.93. The molecule has 0 spiro atoms. The average Bonchev–Trinajstić information content (AvgIpc) is 3.40. The summed E-state index contributed by atoms with van der Waals surface area (Å²) in [7, 11) is 0. The van der Waals surface area contributed by atoms with Crippen molar-refractivity contribution >= 4 is 64.4 Å². The molecule has 7 aromatic carbocycles. The Labute approximate surface area is 237 Å². The van der Waals surface area contributed by atoms with Crippen LogP contribution in [0.25, 0.3) is 64.0 Å². The molecule has 0 saturated carbocycles. The van der Waals surface area contributed by atoms with Gasteiger partial charge in [-0.15, -0.1) is 11.3 Å². The monoisotopic (exact) mass is 527 g/mol. The lowest BCUT2D eigenvalue weighted by molar-refractivity contribution is 1.56. The van der Waals surface area contributed by atoms with Gasteiger partial charge in [0.2, 0.25) is 0 Å². The Bertz CT molecular complexity index is 2170. The summed E-state index contributed by atoms with van der Waals surface area (Å²) in [5.74, 6) is 0. The first-order valence-electron chi connectivity index (χ1n) is 13.6. The minimum atomic E-state index is 1.08. The van der Waals surface area contributed by atoms with E-state index in [0.717, 1.165) is 11.4 Å². The molecular weight excluding hydrogens is 502 g/mol. The highest BCUT2D eigenvalue weighted by Crippen LogP contribution is 2.40. The molecule has 0 bridgehead atoms. The molecule has 0 unspecified atom stereocenters. The molecule has 8 aromatic rings. The van der Waals surface area contributed by atoms with E-state index in [2.05, 4.69) is 151 Å². The van der Waals surface area contributed by atoms with Crippen molar-refractivity contribution in [2.24, 2.45) is 0 Å². The van der Waals surface area contributed by atoms with Crippen molar-refractivity contribution in [1.29, 1.82) is 0 Å². The lowest BCUT2D eigenvalue weighted by Gasteiger charge is -2.12. The molecule has 0 saturated heterocycles. The van der Waals surface area contributed by atoms with Crippen molar-refractivity contribution in [2.75, 3.05) is 5.32 Å². The predicted octanol–water partition coefficient (Wildman–Crippen LogP) is 11.4. The fraction of sp³-hybridized carbons (Fsp3) is 0. The van der Waals surface area contributed by atoms with E-state index in [4.69, 9.17) is 0 Å². The number of benzene rings is 7. The second-order valence-electron chi connectivity index (χ2n) is 10.3. The molecule has 2 heteroatoms. The standard InChI is InChI=1S/C38H25NS/c1-2-8-26(9-3-1)35-23-29(22-28-11-5-6-12-32(28)35)25-14-17-30(18-15-25)39-31-19-20-34-37(24-31)40-36-21-16-27-10-4-7-13-33(27)38(34)36/h1-24,39H. The first kappa shape index (κ1) is 23.0. The summed E-state index contributed by atoms with van der Waals surface area (Å²) >= 11 is 1.86. The number of hydrogen-bond acceptors (Lipinski definition) is 2. The van der Waals surface area contributed by atoms with Gasteiger partial charge in [-0.1, -0.05) is 103 Å². The van der Waals surface area contributed by atoms with E-state index in [1.807, 2.05) is 11.3 Å². The molecule has 0 aliphatic heterocycles. The lowest BCUT2D eigenvalue weighted by atomic mass is 9.93. The van der Waals surface area contributed by atoms with Crippen molar-refractivity contribution in [1.82, 2.24) is 0 Å². The van der Waals surface area contributed by atoms with Crippen LogP contribution < -0.4 is 5.32 Å². The molecule has 1 aromatic heterocycles. The molecule has 188 valence electrons. The molecule has 0 aliphatic carbocycles. The third kappa shape index (κ3) is 3.93. The maximum atomic E-state index is 3.63. The summed E-state index contributed by atoms with van der Waals surface area (Å²) in [6.07, 6.45) is 0. The van der Waals surface area contributed by atoms with E-state index < -0.39 is 0 Å². The van der Waals surface area contributed by atoms with Crippen LogP contribution in [-0.2, 0) is 0 Å². The van der Waals surface area contributed by atoms with Crippen LogP contribution in [0.5, 0.6) is 0 Å². The Hall–Kier alpha value is -4.92. The maximum absolute atomic E-state index is 3.63. The molecule has 0 aliphatic rings. The van der Waals surface area contributed by atoms with E-state index in [-0.39, 0.29) is 0 Å². The SMILES string of the molecule is c1ccc(-c2cc(-c3ccc(Nc4ccc5c(c4)sc4ccc6ccccc6c45)cc3)cc3ccccc23)cc1. The van der Waals surface area contributed by atoms with Crippen LogP contribution in [0.15, 0.2) is 146 Å². The van der Waals surface area contributed by atoms with Gasteiger partial charge >= 0.3 is 0 Å². The van der Waals surface area contributed by atoms with E-state index in [9.17, 15) is 0 Å². The number of thiophene rings is 1. The molecule has 8 rings (SSSR count). The van der Waals surface area contributed by atoms with E-state index in [1.165, 1.54) is 64.0 Å². The van der Waals surface area contributed by atoms with Gasteiger partial charge < -0.3 is 5.32 Å². The minimum Gasteiger partial charge on any atom is -0.355 e. The Balaban J connectivity index is 1.13. The zero-order valence-corrected chi connectivity index (χ0v) is 22.6. The summed E-state index contributed by atoms with van der Waals surface area (Å²) in [4.78, 5) is 0. The van der Waals surface area contributed by atoms with Gasteiger partial charge in [0.05, 0.1) is 0 Å². The molecule has 0 amide bonds. The van der Waals surface area contributed by atoms with Gasteiger partial charge in [0, 0.05) is 31.5 Å². The molecule has 0 radical (unpaired) electrons. The van der Waals surface area contributed by atoms with Gasteiger partial charge in [0.15, 0.2) is 0 Å². The van der Waals surface area contributed by atoms with Gasteiger partial charge in [-0.3, -0.25) is 0 Å². The van der Waals surface area contributed by atoms with Gasteiger partial charge in [-0.2, -0.15) is 0 Å². The zero-order chi connectivity index (χ0) is 26.5. The van der Waals surface area contributed by atoms with Crippen LogP contribution in [0.3, 0.4) is 0 Å². The van der Waals surface area contributed by atoms with Crippen LogP contribution in [0.1, 0.15) is 0 Å². The Kier molecular flexibility index (Phi) is 5.39. The normalized spacial score (nSPS) is 11.5. The largest absolute Gasteiger partial charge is 0.355 e. The van der Waals surface area contributed by atoms with Crippen molar-refractivity contribution in [2.45, 2.75) is 0 Å². The summed E-state index contributed by atoms with van der Waals surface area (Å²) < 4.78 is 2.64. The minimum absolute atomic E-state index is 1.08. The smallest absolute Gasteiger partial charge is 0.0398 e. The van der Waals surface area contributed by atoms with Crippen LogP contribution in [-0.4, -0.2) is 0 Å². The summed E-state index contributed by atoms with van der Waals surface area (Å²) in [5.41, 5.74) is 7.12. The second kappa shape index (κ2) is 9.37. The topological polar surface area (TPSA) is 12.0 Å². The number of hydrogen-bond donors (Lipinski definition) is 1. The highest BCUT2D eigenvalue weighted by Gasteiger charge is 2.11. The third-order valence-electron chi connectivity index (χ3n) is 7.82. The first-order chi connectivity index (χ1) is 19.8. The number of anilines is 2. The second-order valence-corrected chi connectivity index (χ2v) is 11.4. The van der Waals surface area contributed by atoms with E-state index in [1.54, 1.807) is 0 Å². The first-order valence-corrected chi connectivity index (χ1v) is 14.4. The van der Waals surface area contributed by atoms with Crippen LogP contribution in [0, 0.1) is 0 Å². The quantitative estimate of drug-likeness (QED) is 0.240. The van der Waals surface area contributed by atoms with Crippen molar-refractivity contribution < 1.29 is 0 Å². The van der Waals surface area contributed by atoms with Crippen LogP contribution in [0.4, 0.5) is 11.4 Å². The number of fused-ring (bicyclic) bond motifs is 6. The predicted molar refractivity (Wildman–Crippen MR) is 175 cm³/mol. The Morgan fingerprint density at radius 3 is 1.98 bits per heavy atom. The van der Waals surface area contributed by atoms with Crippen molar-refractivity contribution in [3.8, 4) is 22.3 Å². The molecular formula is C38H25NS. The number of rotatable bonds is 4. The van der Waals surface area contributed by atoms with Crippen molar-refractivity contribution in [3.05, 3.63) is 146 Å². The van der Waals surface area contributed by atoms with Crippen molar-refractivity contribution in [3.63, 3.8) is 0 Å². The lowest BCUT2D eigenvalue weighted by Crippen LogP contribution is -1.90. The van der Waals surface area contributed by atoms with E-state index in [0.29, 0.717) is 0 Å². The fourth-order valence-electron chi connectivity index (χ4n) is 5.87. The highest BCUT2D eigenvalue weighted by molar-refractivity contribution is 7.26. The number of nitrogens with one attached hydrogen (secondary N) is 1. The zero-order valence-electron chi connectivity index (χ0n) is 21.8. The van der Waals surface area contributed by atoms with Gasteiger partial charge in [-0.05, 0) is 86.3 Å². The molecule has 1 N–H and O–H groups in total. The summed E-state index contributed by atoms with van der Waals surface area (Å²) in [5, 5.41) is 11.5. The molecule has 0 fully saturated rings. The van der Waals surface area contributed by atoms with E-state index >= 15 is 0 Å². The Morgan fingerprint density at radius 1 is 0.400 bits per heavy atom. The van der Waals surface area contributed by atoms with Gasteiger partial charge in [0.25, 0.3) is 0 Å². The fourth-order valence-corrected chi connectivity index (χ4v) is 7.03. The Morgan fingerprint density at radius 2 is 1.12 bits per heavy atom. The van der Waals surface area contributed by atoms with Crippen LogP contribution in [0.2, 0.25) is 0 Å². The highest BCUT2D eigenvalue weighted by atomic mass is 32.1. The van der Waals surface area contributed by atoms with Gasteiger partial charge in [-0.25, -0.2) is 0 Å². The molecule has 40 heavy (non-hydrogen) atoms. The average molecular weight is 528 g/mol. The molecule has 1 heterocycles.